The number of nitrogens with zero attached hydrogens (tertiary/aromatic N) is 2. The first-order chi connectivity index (χ1) is 9.97. The minimum absolute atomic E-state index is 0.0345. The van der Waals surface area contributed by atoms with Crippen molar-refractivity contribution >= 4 is 11.8 Å². The molecule has 0 saturated heterocycles. The number of carbonyl (C=O) groups is 1. The molecular formula is C14H14FN3O3. The minimum Gasteiger partial charge on any atom is -0.503 e. The van der Waals surface area contributed by atoms with E-state index in [1.807, 2.05) is 6.92 Å². The molecule has 2 aromatic rings. The van der Waals surface area contributed by atoms with E-state index in [-0.39, 0.29) is 17.3 Å². The molecule has 6 nitrogen and oxygen atoms in total. The third kappa shape index (κ3) is 2.76. The van der Waals surface area contributed by atoms with E-state index >= 15 is 0 Å². The summed E-state index contributed by atoms with van der Waals surface area (Å²) in [5, 5.41) is 9.68. The van der Waals surface area contributed by atoms with Gasteiger partial charge in [0.05, 0.1) is 7.11 Å². The number of aromatic nitrogens is 2. The first-order valence-electron chi connectivity index (χ1n) is 6.21. The number of benzene rings is 1. The van der Waals surface area contributed by atoms with Gasteiger partial charge in [0.25, 0.3) is 0 Å². The quantitative estimate of drug-likeness (QED) is 0.838. The van der Waals surface area contributed by atoms with Crippen molar-refractivity contribution in [1.29, 1.82) is 0 Å². The Morgan fingerprint density at radius 2 is 2.14 bits per heavy atom. The van der Waals surface area contributed by atoms with Crippen LogP contribution >= 0.6 is 0 Å². The first kappa shape index (κ1) is 14.7. The number of anilines is 1. The van der Waals surface area contributed by atoms with Crippen LogP contribution < -0.4 is 5.73 Å². The van der Waals surface area contributed by atoms with E-state index in [1.54, 1.807) is 12.1 Å². The van der Waals surface area contributed by atoms with Gasteiger partial charge in [0.2, 0.25) is 0 Å². The van der Waals surface area contributed by atoms with E-state index in [0.717, 1.165) is 7.11 Å². The fourth-order valence-corrected chi connectivity index (χ4v) is 1.81. The smallest absolute Gasteiger partial charge is 0.360 e. The van der Waals surface area contributed by atoms with Crippen LogP contribution in [0.3, 0.4) is 0 Å². The van der Waals surface area contributed by atoms with Crippen molar-refractivity contribution in [2.75, 3.05) is 12.8 Å². The number of nitrogens with two attached hydrogens (primary N) is 1. The molecule has 1 heterocycles. The molecule has 7 heteroatoms. The number of carbonyl (C=O) groups excluding carboxylic acids is 1. The van der Waals surface area contributed by atoms with Crippen LogP contribution in [0.5, 0.6) is 5.75 Å². The monoisotopic (exact) mass is 291 g/mol. The molecule has 0 atom stereocenters. The Balaban J connectivity index is 2.57. The maximum Gasteiger partial charge on any atom is 0.360 e. The zero-order valence-corrected chi connectivity index (χ0v) is 11.6. The van der Waals surface area contributed by atoms with Crippen molar-refractivity contribution in [3.63, 3.8) is 0 Å². The molecule has 3 N–H and O–H groups in total. The molecule has 0 aliphatic rings. The van der Waals surface area contributed by atoms with Gasteiger partial charge in [-0.3, -0.25) is 0 Å². The molecule has 0 fully saturated rings. The predicted molar refractivity (Wildman–Crippen MR) is 74.2 cm³/mol. The highest BCUT2D eigenvalue weighted by Crippen LogP contribution is 2.27. The number of ether oxygens (including phenoxy) is 1. The van der Waals surface area contributed by atoms with Crippen LogP contribution in [0, 0.1) is 5.82 Å². The van der Waals surface area contributed by atoms with Gasteiger partial charge in [-0.15, -0.1) is 0 Å². The Bertz CT molecular complexity index is 704. The highest BCUT2D eigenvalue weighted by molar-refractivity contribution is 5.92. The van der Waals surface area contributed by atoms with Gasteiger partial charge in [0.15, 0.2) is 23.1 Å². The highest BCUT2D eigenvalue weighted by Gasteiger charge is 2.20. The zero-order valence-electron chi connectivity index (χ0n) is 11.6. The maximum atomic E-state index is 13.8. The Labute approximate surface area is 120 Å². The number of aryl methyl sites for hydroxylation is 1. The Kier molecular flexibility index (Phi) is 4.02. The van der Waals surface area contributed by atoms with Crippen LogP contribution in [-0.2, 0) is 11.2 Å². The molecule has 0 radical (unpaired) electrons. The normalized spacial score (nSPS) is 10.4. The van der Waals surface area contributed by atoms with Gasteiger partial charge in [-0.05, 0) is 18.1 Å². The summed E-state index contributed by atoms with van der Waals surface area (Å²) in [6, 6.07) is 4.48. The summed E-state index contributed by atoms with van der Waals surface area (Å²) < 4.78 is 18.3. The van der Waals surface area contributed by atoms with Gasteiger partial charge in [0, 0.05) is 5.56 Å². The van der Waals surface area contributed by atoms with Crippen molar-refractivity contribution in [3.8, 4) is 17.1 Å². The Morgan fingerprint density at radius 1 is 1.43 bits per heavy atom. The standard InChI is InChI=1S/C14H14FN3O3/c1-3-7-4-5-8(6-9(7)15)13-17-10(14(20)21-2)11(19)12(16)18-13/h4-6,19H,3H2,1-2H3,(H2,16,17,18). The van der Waals surface area contributed by atoms with Crippen LogP contribution in [0.2, 0.25) is 0 Å². The van der Waals surface area contributed by atoms with Gasteiger partial charge in [-0.2, -0.15) is 0 Å². The summed E-state index contributed by atoms with van der Waals surface area (Å²) >= 11 is 0. The molecule has 0 aliphatic heterocycles. The molecule has 1 aromatic carbocycles. The van der Waals surface area contributed by atoms with Gasteiger partial charge in [-0.25, -0.2) is 19.2 Å². The Hall–Kier alpha value is -2.70. The lowest BCUT2D eigenvalue weighted by Crippen LogP contribution is -2.09. The lowest BCUT2D eigenvalue weighted by Gasteiger charge is -2.08. The van der Waals surface area contributed by atoms with Crippen molar-refractivity contribution in [2.24, 2.45) is 0 Å². The first-order valence-corrected chi connectivity index (χ1v) is 6.21. The summed E-state index contributed by atoms with van der Waals surface area (Å²) in [5.74, 6) is -2.05. The van der Waals surface area contributed by atoms with Crippen molar-refractivity contribution < 1.29 is 19.0 Å². The van der Waals surface area contributed by atoms with Crippen LogP contribution in [0.1, 0.15) is 23.0 Å². The number of halogens is 1. The second kappa shape index (κ2) is 5.74. The lowest BCUT2D eigenvalue weighted by atomic mass is 10.1. The van der Waals surface area contributed by atoms with Crippen LogP contribution in [-0.4, -0.2) is 28.2 Å². The molecule has 0 amide bonds. The van der Waals surface area contributed by atoms with Crippen molar-refractivity contribution in [1.82, 2.24) is 9.97 Å². The van der Waals surface area contributed by atoms with Crippen LogP contribution in [0.15, 0.2) is 18.2 Å². The molecule has 1 aromatic heterocycles. The molecule has 0 bridgehead atoms. The van der Waals surface area contributed by atoms with Crippen molar-refractivity contribution in [3.05, 3.63) is 35.3 Å². The second-order valence-electron chi connectivity index (χ2n) is 4.28. The number of rotatable bonds is 3. The summed E-state index contributed by atoms with van der Waals surface area (Å²) in [6.07, 6.45) is 0.554. The number of aromatic hydroxyl groups is 1. The lowest BCUT2D eigenvalue weighted by molar-refractivity contribution is 0.0590. The molecule has 0 spiro atoms. The molecule has 0 saturated carbocycles. The predicted octanol–water partition coefficient (Wildman–Crippen LogP) is 1.92. The fourth-order valence-electron chi connectivity index (χ4n) is 1.81. The number of esters is 1. The summed E-state index contributed by atoms with van der Waals surface area (Å²) in [4.78, 5) is 19.3. The molecular weight excluding hydrogens is 277 g/mol. The Morgan fingerprint density at radius 3 is 2.71 bits per heavy atom. The maximum absolute atomic E-state index is 13.8. The number of methoxy groups -OCH3 is 1. The number of nitrogen functional groups attached to an aromatic ring is 1. The summed E-state index contributed by atoms with van der Waals surface area (Å²) in [7, 11) is 1.15. The third-order valence-electron chi connectivity index (χ3n) is 2.98. The molecule has 0 unspecified atom stereocenters. The van der Waals surface area contributed by atoms with Crippen LogP contribution in [0.4, 0.5) is 10.2 Å². The van der Waals surface area contributed by atoms with Gasteiger partial charge in [-0.1, -0.05) is 19.1 Å². The average Bonchev–Trinajstić information content (AvgIpc) is 2.49. The summed E-state index contributed by atoms with van der Waals surface area (Å²) in [5.41, 5.74) is 6.08. The SMILES string of the molecule is CCc1ccc(-c2nc(N)c(O)c(C(=O)OC)n2)cc1F. The van der Waals surface area contributed by atoms with E-state index in [1.165, 1.54) is 6.07 Å². The minimum atomic E-state index is -0.853. The third-order valence-corrected chi connectivity index (χ3v) is 2.98. The van der Waals surface area contributed by atoms with Crippen LogP contribution in [0.25, 0.3) is 11.4 Å². The van der Waals surface area contributed by atoms with Gasteiger partial charge >= 0.3 is 5.97 Å². The van der Waals surface area contributed by atoms with Gasteiger partial charge in [0.1, 0.15) is 5.82 Å². The average molecular weight is 291 g/mol. The highest BCUT2D eigenvalue weighted by atomic mass is 19.1. The summed E-state index contributed by atoms with van der Waals surface area (Å²) in [6.45, 7) is 1.84. The topological polar surface area (TPSA) is 98.3 Å². The van der Waals surface area contributed by atoms with E-state index in [2.05, 4.69) is 14.7 Å². The zero-order chi connectivity index (χ0) is 15.6. The van der Waals surface area contributed by atoms with E-state index in [4.69, 9.17) is 5.73 Å². The van der Waals surface area contributed by atoms with E-state index < -0.39 is 17.5 Å². The number of hydrogen-bond donors (Lipinski definition) is 2. The molecule has 21 heavy (non-hydrogen) atoms. The fraction of sp³-hybridized carbons (Fsp3) is 0.214. The van der Waals surface area contributed by atoms with E-state index in [0.29, 0.717) is 17.5 Å². The molecule has 110 valence electrons. The largest absolute Gasteiger partial charge is 0.503 e. The second-order valence-corrected chi connectivity index (χ2v) is 4.28. The molecule has 0 aliphatic carbocycles. The number of hydrogen-bond acceptors (Lipinski definition) is 6. The van der Waals surface area contributed by atoms with Gasteiger partial charge < -0.3 is 15.6 Å². The molecule has 2 rings (SSSR count). The van der Waals surface area contributed by atoms with Crippen molar-refractivity contribution in [2.45, 2.75) is 13.3 Å². The van der Waals surface area contributed by atoms with E-state index in [9.17, 15) is 14.3 Å².